The summed E-state index contributed by atoms with van der Waals surface area (Å²) in [5.74, 6) is 0.263. The van der Waals surface area contributed by atoms with E-state index >= 15 is 0 Å². The number of nitrogens with one attached hydrogen (secondary N) is 1. The molecule has 1 aliphatic rings. The summed E-state index contributed by atoms with van der Waals surface area (Å²) in [7, 11) is 0. The molecule has 5 nitrogen and oxygen atoms in total. The molecule has 0 bridgehead atoms. The van der Waals surface area contributed by atoms with Crippen molar-refractivity contribution in [2.45, 2.75) is 52.1 Å². The maximum atomic E-state index is 8.83. The number of hydrogen-bond donors (Lipinski definition) is 2. The maximum Gasteiger partial charge on any atom is 0.315 e. The van der Waals surface area contributed by atoms with Crippen molar-refractivity contribution in [3.8, 4) is 0 Å². The molecular formula is C12H21N3O2. The van der Waals surface area contributed by atoms with Crippen molar-refractivity contribution in [2.75, 3.05) is 11.9 Å². The Morgan fingerprint density at radius 1 is 1.24 bits per heavy atom. The molecule has 0 atom stereocenters. The van der Waals surface area contributed by atoms with Gasteiger partial charge in [-0.1, -0.05) is 37.7 Å². The van der Waals surface area contributed by atoms with Crippen LogP contribution in [0.1, 0.15) is 51.3 Å². The Bertz CT molecular complexity index is 343. The summed E-state index contributed by atoms with van der Waals surface area (Å²) in [5.41, 5.74) is 0.324. The quantitative estimate of drug-likeness (QED) is 0.789. The van der Waals surface area contributed by atoms with E-state index in [0.717, 1.165) is 6.54 Å². The molecule has 0 amide bonds. The Labute approximate surface area is 102 Å². The van der Waals surface area contributed by atoms with Crippen LogP contribution >= 0.6 is 0 Å². The first-order valence-corrected chi connectivity index (χ1v) is 6.39. The van der Waals surface area contributed by atoms with Crippen LogP contribution in [0.2, 0.25) is 0 Å². The molecule has 1 aromatic heterocycles. The van der Waals surface area contributed by atoms with Gasteiger partial charge in [0.25, 0.3) is 0 Å². The van der Waals surface area contributed by atoms with Crippen molar-refractivity contribution >= 4 is 6.01 Å². The van der Waals surface area contributed by atoms with E-state index in [-0.39, 0.29) is 12.5 Å². The second-order valence-corrected chi connectivity index (χ2v) is 5.24. The molecule has 1 aromatic rings. The van der Waals surface area contributed by atoms with Crippen LogP contribution in [0.5, 0.6) is 0 Å². The molecule has 0 unspecified atom stereocenters. The van der Waals surface area contributed by atoms with Crippen LogP contribution in [-0.2, 0) is 6.61 Å². The summed E-state index contributed by atoms with van der Waals surface area (Å²) in [6.07, 6.45) is 7.82. The van der Waals surface area contributed by atoms with Crippen LogP contribution < -0.4 is 5.32 Å². The minimum atomic E-state index is -0.202. The van der Waals surface area contributed by atoms with E-state index in [0.29, 0.717) is 11.4 Å². The van der Waals surface area contributed by atoms with Crippen LogP contribution in [0, 0.1) is 5.41 Å². The van der Waals surface area contributed by atoms with E-state index < -0.39 is 0 Å². The minimum absolute atomic E-state index is 0.202. The summed E-state index contributed by atoms with van der Waals surface area (Å²) >= 11 is 0. The lowest BCUT2D eigenvalue weighted by Gasteiger charge is -2.27. The largest absolute Gasteiger partial charge is 0.406 e. The zero-order valence-corrected chi connectivity index (χ0v) is 10.4. The molecular weight excluding hydrogens is 218 g/mol. The lowest BCUT2D eigenvalue weighted by atomic mass is 9.82. The van der Waals surface area contributed by atoms with E-state index in [2.05, 4.69) is 22.4 Å². The van der Waals surface area contributed by atoms with Crippen LogP contribution in [0.25, 0.3) is 0 Å². The number of hydrogen-bond acceptors (Lipinski definition) is 5. The highest BCUT2D eigenvalue weighted by molar-refractivity contribution is 5.17. The van der Waals surface area contributed by atoms with Gasteiger partial charge >= 0.3 is 6.01 Å². The number of aliphatic hydroxyl groups excluding tert-OH is 1. The van der Waals surface area contributed by atoms with Gasteiger partial charge in [-0.2, -0.15) is 0 Å². The molecule has 0 spiro atoms. The van der Waals surface area contributed by atoms with Crippen molar-refractivity contribution in [3.05, 3.63) is 5.89 Å². The van der Waals surface area contributed by atoms with Crippen molar-refractivity contribution in [1.29, 1.82) is 0 Å². The summed E-state index contributed by atoms with van der Waals surface area (Å²) in [5, 5.41) is 19.6. The predicted octanol–water partition coefficient (Wildman–Crippen LogP) is 2.33. The van der Waals surface area contributed by atoms with Gasteiger partial charge in [0.1, 0.15) is 6.61 Å². The molecule has 0 aromatic carbocycles. The number of aliphatic hydroxyl groups is 1. The first kappa shape index (κ1) is 12.4. The second-order valence-electron chi connectivity index (χ2n) is 5.24. The van der Waals surface area contributed by atoms with Gasteiger partial charge in [-0.25, -0.2) is 0 Å². The van der Waals surface area contributed by atoms with Crippen molar-refractivity contribution in [1.82, 2.24) is 10.2 Å². The molecule has 0 saturated heterocycles. The second kappa shape index (κ2) is 5.49. The fourth-order valence-corrected chi connectivity index (χ4v) is 2.44. The lowest BCUT2D eigenvalue weighted by Crippen LogP contribution is -2.26. The number of nitrogens with zero attached hydrogens (tertiary/aromatic N) is 2. The molecule has 5 heteroatoms. The molecule has 1 fully saturated rings. The highest BCUT2D eigenvalue weighted by Gasteiger charge is 2.25. The Morgan fingerprint density at radius 3 is 2.53 bits per heavy atom. The predicted molar refractivity (Wildman–Crippen MR) is 64.5 cm³/mol. The third-order valence-corrected chi connectivity index (χ3v) is 3.58. The zero-order chi connectivity index (χ0) is 12.1. The monoisotopic (exact) mass is 239 g/mol. The van der Waals surface area contributed by atoms with Crippen molar-refractivity contribution in [3.63, 3.8) is 0 Å². The topological polar surface area (TPSA) is 71.2 Å². The van der Waals surface area contributed by atoms with Crippen LogP contribution in [0.3, 0.4) is 0 Å². The van der Waals surface area contributed by atoms with E-state index in [1.807, 2.05) is 0 Å². The molecule has 1 heterocycles. The number of rotatable bonds is 4. The molecule has 2 rings (SSSR count). The number of anilines is 1. The Kier molecular flexibility index (Phi) is 3.99. The summed E-state index contributed by atoms with van der Waals surface area (Å²) in [6, 6.07) is 0.416. The van der Waals surface area contributed by atoms with E-state index in [1.165, 1.54) is 38.5 Å². The van der Waals surface area contributed by atoms with Crippen LogP contribution in [0.4, 0.5) is 6.01 Å². The third kappa shape index (κ3) is 3.43. The van der Waals surface area contributed by atoms with Gasteiger partial charge in [0.2, 0.25) is 5.89 Å². The average molecular weight is 239 g/mol. The maximum absolute atomic E-state index is 8.83. The van der Waals surface area contributed by atoms with E-state index in [1.54, 1.807) is 0 Å². The van der Waals surface area contributed by atoms with Crippen LogP contribution in [0.15, 0.2) is 4.42 Å². The average Bonchev–Trinajstić information content (AvgIpc) is 2.69. The Hall–Kier alpha value is -1.10. The van der Waals surface area contributed by atoms with Gasteiger partial charge in [-0.3, -0.25) is 0 Å². The minimum Gasteiger partial charge on any atom is -0.406 e. The van der Waals surface area contributed by atoms with Gasteiger partial charge in [0, 0.05) is 6.54 Å². The molecule has 17 heavy (non-hydrogen) atoms. The SMILES string of the molecule is CC1(CNc2nnc(CO)o2)CCCCCC1. The van der Waals surface area contributed by atoms with Crippen molar-refractivity contribution < 1.29 is 9.52 Å². The fraction of sp³-hybridized carbons (Fsp3) is 0.833. The Balaban J connectivity index is 1.87. The lowest BCUT2D eigenvalue weighted by molar-refractivity contribution is 0.240. The van der Waals surface area contributed by atoms with Gasteiger partial charge in [0.05, 0.1) is 0 Å². The molecule has 2 N–H and O–H groups in total. The summed E-state index contributed by atoms with van der Waals surface area (Å²) < 4.78 is 5.22. The normalized spacial score (nSPS) is 19.9. The van der Waals surface area contributed by atoms with Crippen LogP contribution in [-0.4, -0.2) is 21.8 Å². The summed E-state index contributed by atoms with van der Waals surface area (Å²) in [6.45, 7) is 2.97. The first-order chi connectivity index (χ1) is 8.22. The smallest absolute Gasteiger partial charge is 0.315 e. The fourth-order valence-electron chi connectivity index (χ4n) is 2.44. The standard InChI is InChI=1S/C12H21N3O2/c1-12(6-4-2-3-5-7-12)9-13-11-15-14-10(8-16)17-11/h16H,2-9H2,1H3,(H,13,15). The van der Waals surface area contributed by atoms with E-state index in [9.17, 15) is 0 Å². The van der Waals surface area contributed by atoms with Gasteiger partial charge < -0.3 is 14.8 Å². The van der Waals surface area contributed by atoms with Crippen molar-refractivity contribution in [2.24, 2.45) is 5.41 Å². The van der Waals surface area contributed by atoms with Gasteiger partial charge in [-0.15, -0.1) is 5.10 Å². The zero-order valence-electron chi connectivity index (χ0n) is 10.4. The molecule has 0 aliphatic heterocycles. The molecule has 0 radical (unpaired) electrons. The number of aromatic nitrogens is 2. The van der Waals surface area contributed by atoms with E-state index in [4.69, 9.17) is 9.52 Å². The Morgan fingerprint density at radius 2 is 1.94 bits per heavy atom. The first-order valence-electron chi connectivity index (χ1n) is 6.39. The molecule has 1 aliphatic carbocycles. The molecule has 96 valence electrons. The highest BCUT2D eigenvalue weighted by atomic mass is 16.4. The van der Waals surface area contributed by atoms with Gasteiger partial charge in [0.15, 0.2) is 0 Å². The highest BCUT2D eigenvalue weighted by Crippen LogP contribution is 2.34. The molecule has 1 saturated carbocycles. The third-order valence-electron chi connectivity index (χ3n) is 3.58. The summed E-state index contributed by atoms with van der Waals surface area (Å²) in [4.78, 5) is 0. The van der Waals surface area contributed by atoms with Gasteiger partial charge in [-0.05, 0) is 18.3 Å².